The molecule has 0 aromatic rings. The van der Waals surface area contributed by atoms with E-state index in [2.05, 4.69) is 10.1 Å². The summed E-state index contributed by atoms with van der Waals surface area (Å²) in [5.41, 5.74) is 0. The van der Waals surface area contributed by atoms with E-state index in [1.54, 1.807) is 27.7 Å². The fourth-order valence-electron chi connectivity index (χ4n) is 1.08. The van der Waals surface area contributed by atoms with Gasteiger partial charge in [-0.1, -0.05) is 0 Å². The van der Waals surface area contributed by atoms with E-state index in [9.17, 15) is 14.4 Å². The molecule has 114 valence electrons. The van der Waals surface area contributed by atoms with Crippen molar-refractivity contribution in [1.82, 2.24) is 5.32 Å². The summed E-state index contributed by atoms with van der Waals surface area (Å²) >= 11 is 0. The molecule has 0 aromatic carbocycles. The largest absolute Gasteiger partial charge is 0.460 e. The lowest BCUT2D eigenvalue weighted by Crippen LogP contribution is -2.36. The number of nitrogens with one attached hydrogen (secondary N) is 1. The van der Waals surface area contributed by atoms with Crippen LogP contribution in [0.5, 0.6) is 0 Å². The molecule has 0 unspecified atom stereocenters. The molecule has 0 aliphatic heterocycles. The maximum atomic E-state index is 11.3. The van der Waals surface area contributed by atoms with E-state index in [4.69, 9.17) is 9.47 Å². The third kappa shape index (κ3) is 9.93. The van der Waals surface area contributed by atoms with Gasteiger partial charge in [0.2, 0.25) is 0 Å². The molecule has 0 spiro atoms. The minimum atomic E-state index is -0.691. The highest BCUT2D eigenvalue weighted by atomic mass is 16.6. The second-order valence-electron chi connectivity index (χ2n) is 4.21. The van der Waals surface area contributed by atoms with Gasteiger partial charge in [0.15, 0.2) is 0 Å². The summed E-state index contributed by atoms with van der Waals surface area (Å²) in [7, 11) is 0. The SMILES string of the molecule is CCOC(=O)N[C@@H](C)COC(=O)/C=C/C(=O)OC(C)C. The van der Waals surface area contributed by atoms with E-state index in [-0.39, 0.29) is 19.3 Å². The van der Waals surface area contributed by atoms with Crippen LogP contribution >= 0.6 is 0 Å². The Morgan fingerprint density at radius 2 is 1.65 bits per heavy atom. The van der Waals surface area contributed by atoms with Gasteiger partial charge in [-0.25, -0.2) is 14.4 Å². The van der Waals surface area contributed by atoms with E-state index < -0.39 is 24.1 Å². The number of carbonyl (C=O) groups is 3. The van der Waals surface area contributed by atoms with E-state index in [0.717, 1.165) is 12.2 Å². The molecule has 0 aromatic heterocycles. The lowest BCUT2D eigenvalue weighted by atomic mass is 10.4. The van der Waals surface area contributed by atoms with Crippen LogP contribution in [-0.4, -0.2) is 43.4 Å². The van der Waals surface area contributed by atoms with Gasteiger partial charge in [-0.05, 0) is 27.7 Å². The van der Waals surface area contributed by atoms with Gasteiger partial charge >= 0.3 is 18.0 Å². The molecule has 1 atom stereocenters. The average molecular weight is 287 g/mol. The van der Waals surface area contributed by atoms with Crippen molar-refractivity contribution < 1.29 is 28.6 Å². The van der Waals surface area contributed by atoms with Crippen molar-refractivity contribution in [2.45, 2.75) is 39.8 Å². The molecular weight excluding hydrogens is 266 g/mol. The van der Waals surface area contributed by atoms with Gasteiger partial charge < -0.3 is 19.5 Å². The van der Waals surface area contributed by atoms with Gasteiger partial charge in [0.05, 0.1) is 18.8 Å². The van der Waals surface area contributed by atoms with Crippen LogP contribution in [0.15, 0.2) is 12.2 Å². The smallest absolute Gasteiger partial charge is 0.407 e. The molecular formula is C13H21NO6. The Bertz CT molecular complexity index is 364. The summed E-state index contributed by atoms with van der Waals surface area (Å²) in [5, 5.41) is 2.47. The van der Waals surface area contributed by atoms with Gasteiger partial charge in [-0.15, -0.1) is 0 Å². The number of rotatable bonds is 7. The van der Waals surface area contributed by atoms with Crippen LogP contribution in [0.1, 0.15) is 27.7 Å². The molecule has 0 radical (unpaired) electrons. The molecule has 0 heterocycles. The van der Waals surface area contributed by atoms with Gasteiger partial charge in [0.25, 0.3) is 0 Å². The monoisotopic (exact) mass is 287 g/mol. The lowest BCUT2D eigenvalue weighted by Gasteiger charge is -2.12. The summed E-state index contributed by atoms with van der Waals surface area (Å²) in [6, 6.07) is -0.394. The molecule has 1 N–H and O–H groups in total. The van der Waals surface area contributed by atoms with Crippen LogP contribution in [0.2, 0.25) is 0 Å². The summed E-state index contributed by atoms with van der Waals surface area (Å²) in [6.45, 7) is 6.98. The highest BCUT2D eigenvalue weighted by Gasteiger charge is 2.09. The molecule has 0 fully saturated rings. The van der Waals surface area contributed by atoms with Crippen LogP contribution in [0.3, 0.4) is 0 Å². The number of hydrogen-bond donors (Lipinski definition) is 1. The van der Waals surface area contributed by atoms with Crippen LogP contribution in [-0.2, 0) is 23.8 Å². The maximum Gasteiger partial charge on any atom is 0.407 e. The zero-order chi connectivity index (χ0) is 15.5. The van der Waals surface area contributed by atoms with Crippen molar-refractivity contribution >= 4 is 18.0 Å². The van der Waals surface area contributed by atoms with Gasteiger partial charge in [0.1, 0.15) is 6.61 Å². The summed E-state index contributed by atoms with van der Waals surface area (Å²) in [4.78, 5) is 33.5. The molecule has 20 heavy (non-hydrogen) atoms. The van der Waals surface area contributed by atoms with Crippen LogP contribution in [0, 0.1) is 0 Å². The van der Waals surface area contributed by atoms with Crippen molar-refractivity contribution in [2.75, 3.05) is 13.2 Å². The molecule has 0 aliphatic carbocycles. The van der Waals surface area contributed by atoms with Crippen molar-refractivity contribution in [3.63, 3.8) is 0 Å². The quantitative estimate of drug-likeness (QED) is 0.429. The first-order valence-electron chi connectivity index (χ1n) is 6.33. The Labute approximate surface area is 118 Å². The summed E-state index contributed by atoms with van der Waals surface area (Å²) in [5.74, 6) is -1.31. The maximum absolute atomic E-state index is 11.3. The minimum absolute atomic E-state index is 0.0266. The van der Waals surface area contributed by atoms with Crippen LogP contribution < -0.4 is 5.32 Å². The fraction of sp³-hybridized carbons (Fsp3) is 0.615. The van der Waals surface area contributed by atoms with Crippen molar-refractivity contribution in [3.8, 4) is 0 Å². The molecule has 7 nitrogen and oxygen atoms in total. The van der Waals surface area contributed by atoms with E-state index in [1.807, 2.05) is 0 Å². The third-order valence-corrected chi connectivity index (χ3v) is 1.82. The Morgan fingerprint density at radius 1 is 1.05 bits per heavy atom. The number of alkyl carbamates (subject to hydrolysis) is 1. The molecule has 0 saturated carbocycles. The second kappa shape index (κ2) is 9.82. The second-order valence-corrected chi connectivity index (χ2v) is 4.21. The summed E-state index contributed by atoms with van der Waals surface area (Å²) < 4.78 is 14.3. The molecule has 0 aliphatic rings. The first-order chi connectivity index (χ1) is 9.35. The van der Waals surface area contributed by atoms with Crippen molar-refractivity contribution in [3.05, 3.63) is 12.2 Å². The van der Waals surface area contributed by atoms with E-state index >= 15 is 0 Å². The zero-order valence-electron chi connectivity index (χ0n) is 12.2. The molecule has 1 amide bonds. The Balaban J connectivity index is 3.95. The summed E-state index contributed by atoms with van der Waals surface area (Å²) in [6.07, 6.45) is 1.14. The van der Waals surface area contributed by atoms with Gasteiger partial charge in [-0.3, -0.25) is 0 Å². The Kier molecular flexibility index (Phi) is 8.82. The first kappa shape index (κ1) is 17.9. The van der Waals surface area contributed by atoms with E-state index in [0.29, 0.717) is 0 Å². The third-order valence-electron chi connectivity index (χ3n) is 1.82. The van der Waals surface area contributed by atoms with Gasteiger partial charge in [0, 0.05) is 12.2 Å². The van der Waals surface area contributed by atoms with Crippen LogP contribution in [0.25, 0.3) is 0 Å². The number of carbonyl (C=O) groups excluding carboxylic acids is 3. The molecule has 0 saturated heterocycles. The fourth-order valence-corrected chi connectivity index (χ4v) is 1.08. The molecule has 7 heteroatoms. The Morgan fingerprint density at radius 3 is 2.20 bits per heavy atom. The topological polar surface area (TPSA) is 90.9 Å². The number of ether oxygens (including phenoxy) is 3. The van der Waals surface area contributed by atoms with E-state index in [1.165, 1.54) is 0 Å². The standard InChI is InChI=1S/C13H21NO6/c1-5-18-13(17)14-10(4)8-19-11(15)6-7-12(16)20-9(2)3/h6-7,9-10H,5,8H2,1-4H3,(H,14,17)/b7-6+/t10-/m0/s1. The normalized spacial score (nSPS) is 12.1. The first-order valence-corrected chi connectivity index (χ1v) is 6.33. The minimum Gasteiger partial charge on any atom is -0.460 e. The molecule has 0 bridgehead atoms. The predicted octanol–water partition coefficient (Wildman–Crippen LogP) is 1.17. The average Bonchev–Trinajstić information content (AvgIpc) is 2.33. The molecule has 0 rings (SSSR count). The zero-order valence-corrected chi connectivity index (χ0v) is 12.2. The highest BCUT2D eigenvalue weighted by molar-refractivity contribution is 5.91. The predicted molar refractivity (Wildman–Crippen MR) is 70.9 cm³/mol. The van der Waals surface area contributed by atoms with Crippen LogP contribution in [0.4, 0.5) is 4.79 Å². The lowest BCUT2D eigenvalue weighted by molar-refractivity contribution is -0.143. The van der Waals surface area contributed by atoms with Crippen molar-refractivity contribution in [2.24, 2.45) is 0 Å². The van der Waals surface area contributed by atoms with Crippen molar-refractivity contribution in [1.29, 1.82) is 0 Å². The Hall–Kier alpha value is -2.05. The number of hydrogen-bond acceptors (Lipinski definition) is 6. The van der Waals surface area contributed by atoms with Gasteiger partial charge in [-0.2, -0.15) is 0 Å². The number of amides is 1. The number of esters is 2. The highest BCUT2D eigenvalue weighted by Crippen LogP contribution is 1.93.